The Balaban J connectivity index is 1.65. The van der Waals surface area contributed by atoms with Crippen LogP contribution in [-0.2, 0) is 16.8 Å². The highest BCUT2D eigenvalue weighted by atomic mass is 16.5. The topological polar surface area (TPSA) is 18.5 Å². The number of ether oxygens (including phenoxy) is 2. The van der Waals surface area contributed by atoms with Gasteiger partial charge in [-0.2, -0.15) is 0 Å². The van der Waals surface area contributed by atoms with Crippen molar-refractivity contribution >= 4 is 0 Å². The van der Waals surface area contributed by atoms with Crippen LogP contribution >= 0.6 is 0 Å². The van der Waals surface area contributed by atoms with Gasteiger partial charge < -0.3 is 9.47 Å². The molecule has 0 saturated heterocycles. The zero-order valence-electron chi connectivity index (χ0n) is 16.1. The SMILES string of the molecule is c1ccc(CCOC2(c3ccccc3)c3ccccc3Oc3ccccc32)cc1. The average molecular weight is 378 g/mol. The van der Waals surface area contributed by atoms with E-state index in [1.807, 2.05) is 48.5 Å². The third-order valence-corrected chi connectivity index (χ3v) is 5.49. The van der Waals surface area contributed by atoms with Crippen molar-refractivity contribution in [1.29, 1.82) is 0 Å². The van der Waals surface area contributed by atoms with Crippen molar-refractivity contribution in [1.82, 2.24) is 0 Å². The molecule has 0 unspecified atom stereocenters. The molecule has 0 spiro atoms. The summed E-state index contributed by atoms with van der Waals surface area (Å²) in [5.41, 5.74) is 3.75. The maximum atomic E-state index is 6.83. The fourth-order valence-corrected chi connectivity index (χ4v) is 4.15. The van der Waals surface area contributed by atoms with Crippen molar-refractivity contribution in [3.05, 3.63) is 131 Å². The van der Waals surface area contributed by atoms with E-state index in [2.05, 4.69) is 60.7 Å². The molecular formula is C27H22O2. The molecular weight excluding hydrogens is 356 g/mol. The van der Waals surface area contributed by atoms with Crippen LogP contribution in [0.5, 0.6) is 11.5 Å². The second kappa shape index (κ2) is 7.57. The Morgan fingerprint density at radius 3 is 1.72 bits per heavy atom. The molecule has 0 radical (unpaired) electrons. The normalized spacial score (nSPS) is 13.8. The quantitative estimate of drug-likeness (QED) is 0.403. The maximum absolute atomic E-state index is 6.83. The van der Waals surface area contributed by atoms with E-state index in [1.54, 1.807) is 0 Å². The van der Waals surface area contributed by atoms with Crippen LogP contribution in [0.1, 0.15) is 22.3 Å². The van der Waals surface area contributed by atoms with Crippen molar-refractivity contribution in [2.45, 2.75) is 12.0 Å². The van der Waals surface area contributed by atoms with E-state index in [-0.39, 0.29) is 0 Å². The second-order valence-electron chi connectivity index (χ2n) is 7.23. The standard InChI is InChI=1S/C27H22O2/c1-3-11-21(12-4-1)19-20-28-27(22-13-5-2-6-14-22)23-15-7-9-17-25(23)29-26-18-10-8-16-24(26)27/h1-18H,19-20H2. The van der Waals surface area contributed by atoms with Gasteiger partial charge in [0.25, 0.3) is 0 Å². The number of rotatable bonds is 5. The van der Waals surface area contributed by atoms with Crippen LogP contribution in [0.3, 0.4) is 0 Å². The molecule has 2 heteroatoms. The Labute approximate surface area is 171 Å². The van der Waals surface area contributed by atoms with Gasteiger partial charge in [0.15, 0.2) is 5.60 Å². The fraction of sp³-hybridized carbons (Fsp3) is 0.111. The van der Waals surface area contributed by atoms with Crippen LogP contribution < -0.4 is 4.74 Å². The lowest BCUT2D eigenvalue weighted by atomic mass is 9.78. The first-order valence-electron chi connectivity index (χ1n) is 9.98. The molecule has 0 aliphatic carbocycles. The van der Waals surface area contributed by atoms with E-state index in [1.165, 1.54) is 5.56 Å². The highest BCUT2D eigenvalue weighted by Crippen LogP contribution is 2.52. The van der Waals surface area contributed by atoms with Gasteiger partial charge in [-0.3, -0.25) is 0 Å². The van der Waals surface area contributed by atoms with E-state index in [9.17, 15) is 0 Å². The molecule has 142 valence electrons. The second-order valence-corrected chi connectivity index (χ2v) is 7.23. The predicted octanol–water partition coefficient (Wildman–Crippen LogP) is 6.34. The van der Waals surface area contributed by atoms with Crippen LogP contribution in [0.15, 0.2) is 109 Å². The average Bonchev–Trinajstić information content (AvgIpc) is 2.80. The summed E-state index contributed by atoms with van der Waals surface area (Å²) < 4.78 is 13.1. The zero-order valence-corrected chi connectivity index (χ0v) is 16.1. The van der Waals surface area contributed by atoms with Gasteiger partial charge in [-0.05, 0) is 29.7 Å². The molecule has 5 rings (SSSR count). The van der Waals surface area contributed by atoms with Crippen LogP contribution in [0, 0.1) is 0 Å². The molecule has 0 amide bonds. The van der Waals surface area contributed by atoms with E-state index in [0.29, 0.717) is 6.61 Å². The molecule has 1 aliphatic heterocycles. The molecule has 0 atom stereocenters. The minimum atomic E-state index is -0.707. The summed E-state index contributed by atoms with van der Waals surface area (Å²) in [6, 6.07) is 37.3. The Morgan fingerprint density at radius 2 is 1.10 bits per heavy atom. The van der Waals surface area contributed by atoms with Crippen LogP contribution in [-0.4, -0.2) is 6.61 Å². The molecule has 4 aromatic carbocycles. The highest BCUT2D eigenvalue weighted by molar-refractivity contribution is 5.61. The van der Waals surface area contributed by atoms with Gasteiger partial charge in [-0.1, -0.05) is 97.1 Å². The lowest BCUT2D eigenvalue weighted by molar-refractivity contribution is 0.00818. The smallest absolute Gasteiger partial charge is 0.150 e. The van der Waals surface area contributed by atoms with Crippen molar-refractivity contribution in [2.75, 3.05) is 6.61 Å². The van der Waals surface area contributed by atoms with Gasteiger partial charge in [0.1, 0.15) is 11.5 Å². The number of fused-ring (bicyclic) bond motifs is 2. The third-order valence-electron chi connectivity index (χ3n) is 5.49. The Hall–Kier alpha value is -3.36. The largest absolute Gasteiger partial charge is 0.457 e. The number of hydrogen-bond acceptors (Lipinski definition) is 2. The molecule has 0 aromatic heterocycles. The molecule has 0 saturated carbocycles. The molecule has 29 heavy (non-hydrogen) atoms. The monoisotopic (exact) mass is 378 g/mol. The van der Waals surface area contributed by atoms with Crippen molar-refractivity contribution in [3.8, 4) is 11.5 Å². The molecule has 4 aromatic rings. The Morgan fingerprint density at radius 1 is 0.586 bits per heavy atom. The maximum Gasteiger partial charge on any atom is 0.150 e. The van der Waals surface area contributed by atoms with Crippen LogP contribution in [0.25, 0.3) is 0 Å². The van der Waals surface area contributed by atoms with Gasteiger partial charge in [0.05, 0.1) is 6.61 Å². The third kappa shape index (κ3) is 3.12. The number of hydrogen-bond donors (Lipinski definition) is 0. The van der Waals surface area contributed by atoms with Gasteiger partial charge in [-0.15, -0.1) is 0 Å². The molecule has 0 bridgehead atoms. The van der Waals surface area contributed by atoms with Crippen LogP contribution in [0.4, 0.5) is 0 Å². The Bertz CT molecular complexity index is 1060. The van der Waals surface area contributed by atoms with Gasteiger partial charge in [0, 0.05) is 11.1 Å². The van der Waals surface area contributed by atoms with E-state index >= 15 is 0 Å². The summed E-state index contributed by atoms with van der Waals surface area (Å²) >= 11 is 0. The summed E-state index contributed by atoms with van der Waals surface area (Å²) in [5.74, 6) is 1.68. The fourth-order valence-electron chi connectivity index (χ4n) is 4.15. The van der Waals surface area contributed by atoms with Gasteiger partial charge in [-0.25, -0.2) is 0 Å². The minimum Gasteiger partial charge on any atom is -0.457 e. The molecule has 1 aliphatic rings. The van der Waals surface area contributed by atoms with Gasteiger partial charge >= 0.3 is 0 Å². The van der Waals surface area contributed by atoms with Crippen molar-refractivity contribution < 1.29 is 9.47 Å². The van der Waals surface area contributed by atoms with Gasteiger partial charge in [0.2, 0.25) is 0 Å². The summed E-state index contributed by atoms with van der Waals surface area (Å²) in [6.07, 6.45) is 0.848. The first kappa shape index (κ1) is 17.7. The molecule has 2 nitrogen and oxygen atoms in total. The lowest BCUT2D eigenvalue weighted by Gasteiger charge is -2.40. The lowest BCUT2D eigenvalue weighted by Crippen LogP contribution is -2.36. The first-order valence-corrected chi connectivity index (χ1v) is 9.98. The highest BCUT2D eigenvalue weighted by Gasteiger charge is 2.44. The van der Waals surface area contributed by atoms with Crippen molar-refractivity contribution in [2.24, 2.45) is 0 Å². The zero-order chi connectivity index (χ0) is 19.5. The van der Waals surface area contributed by atoms with E-state index < -0.39 is 5.60 Å². The predicted molar refractivity (Wildman–Crippen MR) is 115 cm³/mol. The number of benzene rings is 4. The van der Waals surface area contributed by atoms with Crippen LogP contribution in [0.2, 0.25) is 0 Å². The van der Waals surface area contributed by atoms with E-state index in [4.69, 9.17) is 9.47 Å². The summed E-state index contributed by atoms with van der Waals surface area (Å²) in [6.45, 7) is 0.599. The summed E-state index contributed by atoms with van der Waals surface area (Å²) in [5, 5.41) is 0. The minimum absolute atomic E-state index is 0.599. The number of para-hydroxylation sites is 2. The summed E-state index contributed by atoms with van der Waals surface area (Å²) in [4.78, 5) is 0. The molecule has 1 heterocycles. The first-order chi connectivity index (χ1) is 14.4. The molecule has 0 fully saturated rings. The Kier molecular flexibility index (Phi) is 4.63. The van der Waals surface area contributed by atoms with E-state index in [0.717, 1.165) is 34.6 Å². The van der Waals surface area contributed by atoms with Crippen molar-refractivity contribution in [3.63, 3.8) is 0 Å². The molecule has 0 N–H and O–H groups in total. The summed E-state index contributed by atoms with van der Waals surface area (Å²) in [7, 11) is 0.